The second kappa shape index (κ2) is 3.85. The summed E-state index contributed by atoms with van der Waals surface area (Å²) >= 11 is 0. The summed E-state index contributed by atoms with van der Waals surface area (Å²) in [5.41, 5.74) is 5.42. The summed E-state index contributed by atoms with van der Waals surface area (Å²) in [4.78, 5) is 0. The Bertz CT molecular complexity index is 64.6. The topological polar surface area (TPSA) is 40.1 Å². The van der Waals surface area contributed by atoms with Crippen LogP contribution in [-0.2, 0) is 0 Å². The number of nitrogens with two attached hydrogens (primary N) is 1. The highest BCUT2D eigenvalue weighted by molar-refractivity contribution is 4.68. The van der Waals surface area contributed by atoms with Crippen molar-refractivity contribution in [2.24, 2.45) is 11.7 Å². The molecule has 2 nitrogen and oxygen atoms in total. The van der Waals surface area contributed by atoms with Crippen molar-refractivity contribution >= 4 is 0 Å². The third-order valence-electron chi connectivity index (χ3n) is 1.89. The van der Waals surface area contributed by atoms with Gasteiger partial charge in [0.2, 0.25) is 0 Å². The normalized spacial score (nSPS) is 28.3. The molecule has 0 aromatic heterocycles. The molecule has 9 heavy (non-hydrogen) atoms. The molecule has 0 aliphatic carbocycles. The van der Waals surface area contributed by atoms with E-state index in [0.29, 0.717) is 0 Å². The zero-order valence-electron chi connectivity index (χ0n) is 5.84. The first-order valence-electron chi connectivity index (χ1n) is 3.77. The zero-order chi connectivity index (χ0) is 6.53. The molecule has 1 saturated heterocycles. The molecule has 2 N–H and O–H groups in total. The van der Waals surface area contributed by atoms with E-state index >= 15 is 0 Å². The van der Waals surface area contributed by atoms with Gasteiger partial charge in [0.25, 0.3) is 0 Å². The second-order valence-electron chi connectivity index (χ2n) is 2.72. The Balaban J connectivity index is 2.08. The molecule has 1 heterocycles. The molecule has 0 aromatic carbocycles. The fraction of sp³-hybridized carbons (Fsp3) is 1.00. The minimum Gasteiger partial charge on any atom is -0.330 e. The average Bonchev–Trinajstić information content (AvgIpc) is 1.91. The number of nitrogens with zero attached hydrogens (tertiary/aromatic N) is 1. The smallest absolute Gasteiger partial charge is 0.0162 e. The predicted octanol–water partition coefficient (Wildman–Crippen LogP) is 0.350. The second-order valence-corrected chi connectivity index (χ2v) is 2.72. The third-order valence-corrected chi connectivity index (χ3v) is 1.89. The lowest BCUT2D eigenvalue weighted by Gasteiger charge is -2.20. The highest BCUT2D eigenvalue weighted by atomic mass is 14.9. The van der Waals surface area contributed by atoms with Crippen LogP contribution in [0.2, 0.25) is 0 Å². The van der Waals surface area contributed by atoms with Gasteiger partial charge < -0.3 is 5.73 Å². The van der Waals surface area contributed by atoms with E-state index < -0.39 is 0 Å². The van der Waals surface area contributed by atoms with Crippen LogP contribution in [0.1, 0.15) is 19.3 Å². The summed E-state index contributed by atoms with van der Waals surface area (Å²) in [6.07, 6.45) is 3.80. The Morgan fingerprint density at radius 3 is 3.00 bits per heavy atom. The molecule has 0 amide bonds. The zero-order valence-corrected chi connectivity index (χ0v) is 5.84. The lowest BCUT2D eigenvalue weighted by atomic mass is 9.96. The van der Waals surface area contributed by atoms with Gasteiger partial charge >= 0.3 is 0 Å². The summed E-state index contributed by atoms with van der Waals surface area (Å²) in [5.74, 6) is 0.809. The molecule has 0 bridgehead atoms. The van der Waals surface area contributed by atoms with Crippen LogP contribution in [0.4, 0.5) is 0 Å². The van der Waals surface area contributed by atoms with E-state index in [-0.39, 0.29) is 0 Å². The Morgan fingerprint density at radius 2 is 2.44 bits per heavy atom. The van der Waals surface area contributed by atoms with Gasteiger partial charge in [-0.2, -0.15) is 0 Å². The Hall–Kier alpha value is -0.0800. The van der Waals surface area contributed by atoms with Crippen LogP contribution < -0.4 is 11.1 Å². The van der Waals surface area contributed by atoms with Crippen molar-refractivity contribution in [1.82, 2.24) is 5.32 Å². The van der Waals surface area contributed by atoms with E-state index in [9.17, 15) is 0 Å². The minimum atomic E-state index is 0.809. The van der Waals surface area contributed by atoms with E-state index in [1.807, 2.05) is 0 Å². The van der Waals surface area contributed by atoms with Crippen LogP contribution in [0.25, 0.3) is 0 Å². The van der Waals surface area contributed by atoms with Crippen molar-refractivity contribution in [3.63, 3.8) is 0 Å². The molecule has 1 atom stereocenters. The Kier molecular flexibility index (Phi) is 3.01. The molecule has 1 radical (unpaired) electrons. The molecule has 1 fully saturated rings. The molecular weight excluding hydrogens is 112 g/mol. The van der Waals surface area contributed by atoms with Crippen LogP contribution in [0.15, 0.2) is 0 Å². The van der Waals surface area contributed by atoms with E-state index in [0.717, 1.165) is 25.6 Å². The molecule has 0 aromatic rings. The van der Waals surface area contributed by atoms with Gasteiger partial charge in [0.05, 0.1) is 0 Å². The Morgan fingerprint density at radius 1 is 1.56 bits per heavy atom. The number of hydrogen-bond acceptors (Lipinski definition) is 1. The van der Waals surface area contributed by atoms with Crippen molar-refractivity contribution in [1.29, 1.82) is 0 Å². The van der Waals surface area contributed by atoms with Gasteiger partial charge in [0.1, 0.15) is 0 Å². The lowest BCUT2D eigenvalue weighted by Crippen LogP contribution is -2.25. The highest BCUT2D eigenvalue weighted by Gasteiger charge is 2.11. The van der Waals surface area contributed by atoms with Crippen molar-refractivity contribution in [3.05, 3.63) is 0 Å². The maximum Gasteiger partial charge on any atom is 0.0162 e. The first kappa shape index (κ1) is 7.03. The van der Waals surface area contributed by atoms with Gasteiger partial charge in [-0.05, 0) is 31.7 Å². The van der Waals surface area contributed by atoms with Gasteiger partial charge in [0.15, 0.2) is 0 Å². The maximum absolute atomic E-state index is 5.42. The predicted molar refractivity (Wildman–Crippen MR) is 38.3 cm³/mol. The van der Waals surface area contributed by atoms with Crippen molar-refractivity contribution in [3.8, 4) is 0 Å². The standard InChI is InChI=1S/C7H15N2/c8-4-3-7-2-1-5-9-6-7/h7H,1-6,8H2. The van der Waals surface area contributed by atoms with Crippen LogP contribution in [0, 0.1) is 5.92 Å². The molecule has 2 heteroatoms. The van der Waals surface area contributed by atoms with Crippen LogP contribution in [0.3, 0.4) is 0 Å². The van der Waals surface area contributed by atoms with Crippen LogP contribution in [0.5, 0.6) is 0 Å². The molecule has 1 aliphatic heterocycles. The van der Waals surface area contributed by atoms with E-state index in [2.05, 4.69) is 5.32 Å². The molecule has 1 aliphatic rings. The summed E-state index contributed by atoms with van der Waals surface area (Å²) in [5, 5.41) is 4.32. The first-order chi connectivity index (χ1) is 4.43. The van der Waals surface area contributed by atoms with Gasteiger partial charge in [0, 0.05) is 13.1 Å². The summed E-state index contributed by atoms with van der Waals surface area (Å²) in [7, 11) is 0. The first-order valence-corrected chi connectivity index (χ1v) is 3.77. The van der Waals surface area contributed by atoms with E-state index in [1.165, 1.54) is 19.3 Å². The number of hydrogen-bond donors (Lipinski definition) is 1. The van der Waals surface area contributed by atoms with Crippen LogP contribution >= 0.6 is 0 Å². The van der Waals surface area contributed by atoms with Crippen LogP contribution in [-0.4, -0.2) is 19.6 Å². The monoisotopic (exact) mass is 127 g/mol. The van der Waals surface area contributed by atoms with Crippen molar-refractivity contribution in [2.45, 2.75) is 19.3 Å². The molecule has 1 unspecified atom stereocenters. The summed E-state index contributed by atoms with van der Waals surface area (Å²) in [6.45, 7) is 2.98. The summed E-state index contributed by atoms with van der Waals surface area (Å²) < 4.78 is 0. The fourth-order valence-electron chi connectivity index (χ4n) is 1.33. The molecular formula is C7H15N2. The van der Waals surface area contributed by atoms with E-state index in [1.54, 1.807) is 0 Å². The average molecular weight is 127 g/mol. The van der Waals surface area contributed by atoms with Gasteiger partial charge in [-0.3, -0.25) is 0 Å². The highest BCUT2D eigenvalue weighted by Crippen LogP contribution is 2.12. The molecule has 0 spiro atoms. The SMILES string of the molecule is NCCC1CCC[N]C1. The van der Waals surface area contributed by atoms with Gasteiger partial charge in [-0.1, -0.05) is 0 Å². The number of rotatable bonds is 2. The quantitative estimate of drug-likeness (QED) is 0.571. The summed E-state index contributed by atoms with van der Waals surface area (Å²) in [6, 6.07) is 0. The van der Waals surface area contributed by atoms with Gasteiger partial charge in [-0.25, -0.2) is 5.32 Å². The fourth-order valence-corrected chi connectivity index (χ4v) is 1.33. The molecule has 0 saturated carbocycles. The Labute approximate surface area is 56.8 Å². The maximum atomic E-state index is 5.42. The molecule has 1 rings (SSSR count). The minimum absolute atomic E-state index is 0.809. The lowest BCUT2D eigenvalue weighted by molar-refractivity contribution is 0.357. The number of piperidine rings is 1. The van der Waals surface area contributed by atoms with Crippen molar-refractivity contribution in [2.75, 3.05) is 19.6 Å². The van der Waals surface area contributed by atoms with Crippen molar-refractivity contribution < 1.29 is 0 Å². The van der Waals surface area contributed by atoms with E-state index in [4.69, 9.17) is 5.73 Å². The third kappa shape index (κ3) is 2.33. The largest absolute Gasteiger partial charge is 0.330 e. The molecule has 53 valence electrons. The van der Waals surface area contributed by atoms with Gasteiger partial charge in [-0.15, -0.1) is 0 Å².